The average molecular weight is 184 g/mol. The third-order valence-electron chi connectivity index (χ3n) is 2.44. The van der Waals surface area contributed by atoms with Crippen molar-refractivity contribution in [3.05, 3.63) is 11.8 Å². The zero-order chi connectivity index (χ0) is 9.73. The predicted octanol–water partition coefficient (Wildman–Crippen LogP) is 2.74. The summed E-state index contributed by atoms with van der Waals surface area (Å²) in [4.78, 5) is 0. The quantitative estimate of drug-likeness (QED) is 0.494. The van der Waals surface area contributed by atoms with Crippen molar-refractivity contribution in [1.82, 2.24) is 0 Å². The van der Waals surface area contributed by atoms with E-state index in [1.54, 1.807) is 0 Å². The molecule has 1 aliphatic heterocycles. The highest BCUT2D eigenvalue weighted by molar-refractivity contribution is 4.86. The van der Waals surface area contributed by atoms with Crippen LogP contribution in [0.3, 0.4) is 0 Å². The SMILES string of the molecule is CC(C)=COCCC1(C)CCOC1. The molecule has 1 fully saturated rings. The first kappa shape index (κ1) is 10.6. The fraction of sp³-hybridized carbons (Fsp3) is 0.818. The molecule has 0 bridgehead atoms. The van der Waals surface area contributed by atoms with Crippen molar-refractivity contribution in [1.29, 1.82) is 0 Å². The lowest BCUT2D eigenvalue weighted by Gasteiger charge is -2.20. The van der Waals surface area contributed by atoms with Gasteiger partial charge >= 0.3 is 0 Å². The van der Waals surface area contributed by atoms with E-state index in [9.17, 15) is 0 Å². The van der Waals surface area contributed by atoms with Crippen molar-refractivity contribution < 1.29 is 9.47 Å². The van der Waals surface area contributed by atoms with Gasteiger partial charge in [0.25, 0.3) is 0 Å². The maximum Gasteiger partial charge on any atom is 0.0879 e. The molecular weight excluding hydrogens is 164 g/mol. The van der Waals surface area contributed by atoms with Crippen LogP contribution in [0.1, 0.15) is 33.6 Å². The van der Waals surface area contributed by atoms with E-state index in [-0.39, 0.29) is 0 Å². The standard InChI is InChI=1S/C11H20O2/c1-10(2)8-12-6-4-11(3)5-7-13-9-11/h8H,4-7,9H2,1-3H3. The van der Waals surface area contributed by atoms with Crippen LogP contribution >= 0.6 is 0 Å². The molecule has 1 atom stereocenters. The minimum absolute atomic E-state index is 0.357. The minimum atomic E-state index is 0.357. The van der Waals surface area contributed by atoms with Crippen molar-refractivity contribution in [3.63, 3.8) is 0 Å². The molecule has 0 aromatic rings. The Bertz CT molecular complexity index is 175. The minimum Gasteiger partial charge on any atom is -0.501 e. The first-order valence-corrected chi connectivity index (χ1v) is 4.95. The van der Waals surface area contributed by atoms with Gasteiger partial charge in [-0.05, 0) is 37.7 Å². The van der Waals surface area contributed by atoms with Crippen LogP contribution in [0.2, 0.25) is 0 Å². The second-order valence-corrected chi connectivity index (χ2v) is 4.43. The van der Waals surface area contributed by atoms with Gasteiger partial charge in [-0.2, -0.15) is 0 Å². The molecule has 1 aliphatic rings. The lowest BCUT2D eigenvalue weighted by atomic mass is 9.87. The van der Waals surface area contributed by atoms with Gasteiger partial charge in [-0.1, -0.05) is 6.92 Å². The molecule has 2 nitrogen and oxygen atoms in total. The van der Waals surface area contributed by atoms with Gasteiger partial charge in [0.2, 0.25) is 0 Å². The molecule has 0 aromatic carbocycles. The summed E-state index contributed by atoms with van der Waals surface area (Å²) in [7, 11) is 0. The van der Waals surface area contributed by atoms with Crippen molar-refractivity contribution in [2.75, 3.05) is 19.8 Å². The van der Waals surface area contributed by atoms with E-state index in [1.165, 1.54) is 12.0 Å². The Hall–Kier alpha value is -0.500. The lowest BCUT2D eigenvalue weighted by molar-refractivity contribution is 0.131. The number of rotatable bonds is 4. The van der Waals surface area contributed by atoms with Gasteiger partial charge in [0, 0.05) is 6.61 Å². The van der Waals surface area contributed by atoms with Gasteiger partial charge < -0.3 is 9.47 Å². The van der Waals surface area contributed by atoms with Gasteiger partial charge in [0.05, 0.1) is 19.5 Å². The van der Waals surface area contributed by atoms with E-state index < -0.39 is 0 Å². The first-order chi connectivity index (χ1) is 6.12. The Balaban J connectivity index is 2.15. The molecule has 0 aromatic heterocycles. The summed E-state index contributed by atoms with van der Waals surface area (Å²) in [6.07, 6.45) is 4.10. The van der Waals surface area contributed by atoms with Gasteiger partial charge in [-0.3, -0.25) is 0 Å². The van der Waals surface area contributed by atoms with Gasteiger partial charge in [-0.15, -0.1) is 0 Å². The molecule has 1 rings (SSSR count). The lowest BCUT2D eigenvalue weighted by Crippen LogP contribution is -2.18. The maximum atomic E-state index is 5.40. The Morgan fingerprint density at radius 3 is 2.85 bits per heavy atom. The Kier molecular flexibility index (Phi) is 3.79. The van der Waals surface area contributed by atoms with Crippen LogP contribution in [0.15, 0.2) is 11.8 Å². The van der Waals surface area contributed by atoms with E-state index in [4.69, 9.17) is 9.47 Å². The third kappa shape index (κ3) is 3.81. The van der Waals surface area contributed by atoms with Crippen LogP contribution in [-0.4, -0.2) is 19.8 Å². The van der Waals surface area contributed by atoms with E-state index in [2.05, 4.69) is 6.92 Å². The van der Waals surface area contributed by atoms with Gasteiger partial charge in [0.15, 0.2) is 0 Å². The molecule has 0 N–H and O–H groups in total. The molecule has 1 heterocycles. The Labute approximate surface area is 80.9 Å². The number of hydrogen-bond acceptors (Lipinski definition) is 2. The number of ether oxygens (including phenoxy) is 2. The molecule has 1 saturated heterocycles. The van der Waals surface area contributed by atoms with Crippen molar-refractivity contribution in [3.8, 4) is 0 Å². The summed E-state index contributed by atoms with van der Waals surface area (Å²) < 4.78 is 10.8. The molecule has 0 radical (unpaired) electrons. The molecule has 0 amide bonds. The summed E-state index contributed by atoms with van der Waals surface area (Å²) >= 11 is 0. The summed E-state index contributed by atoms with van der Waals surface area (Å²) in [5.41, 5.74) is 1.57. The van der Waals surface area contributed by atoms with E-state index >= 15 is 0 Å². The number of allylic oxidation sites excluding steroid dienone is 1. The van der Waals surface area contributed by atoms with Crippen LogP contribution in [0, 0.1) is 5.41 Å². The van der Waals surface area contributed by atoms with Crippen LogP contribution in [0.4, 0.5) is 0 Å². The summed E-state index contributed by atoms with van der Waals surface area (Å²) in [6, 6.07) is 0. The average Bonchev–Trinajstić information content (AvgIpc) is 2.47. The first-order valence-electron chi connectivity index (χ1n) is 4.95. The highest BCUT2D eigenvalue weighted by atomic mass is 16.5. The normalized spacial score (nSPS) is 27.3. The molecule has 2 heteroatoms. The van der Waals surface area contributed by atoms with E-state index in [0.29, 0.717) is 5.41 Å². The fourth-order valence-corrected chi connectivity index (χ4v) is 1.44. The van der Waals surface area contributed by atoms with Crippen molar-refractivity contribution in [2.45, 2.75) is 33.6 Å². The molecule has 0 spiro atoms. The predicted molar refractivity (Wildman–Crippen MR) is 53.5 cm³/mol. The Morgan fingerprint density at radius 1 is 1.54 bits per heavy atom. The number of hydrogen-bond donors (Lipinski definition) is 0. The molecule has 1 unspecified atom stereocenters. The summed E-state index contributed by atoms with van der Waals surface area (Å²) in [5.74, 6) is 0. The smallest absolute Gasteiger partial charge is 0.0879 e. The second-order valence-electron chi connectivity index (χ2n) is 4.43. The molecule has 13 heavy (non-hydrogen) atoms. The van der Waals surface area contributed by atoms with Crippen LogP contribution in [-0.2, 0) is 9.47 Å². The van der Waals surface area contributed by atoms with Crippen LogP contribution in [0.25, 0.3) is 0 Å². The highest BCUT2D eigenvalue weighted by Crippen LogP contribution is 2.31. The second kappa shape index (κ2) is 4.66. The van der Waals surface area contributed by atoms with Crippen LogP contribution in [0.5, 0.6) is 0 Å². The largest absolute Gasteiger partial charge is 0.501 e. The molecule has 0 aliphatic carbocycles. The molecular formula is C11H20O2. The van der Waals surface area contributed by atoms with E-state index in [1.807, 2.05) is 20.1 Å². The zero-order valence-electron chi connectivity index (χ0n) is 8.93. The van der Waals surface area contributed by atoms with Crippen LogP contribution < -0.4 is 0 Å². The highest BCUT2D eigenvalue weighted by Gasteiger charge is 2.29. The monoisotopic (exact) mass is 184 g/mol. The maximum absolute atomic E-state index is 5.40. The molecule has 76 valence electrons. The van der Waals surface area contributed by atoms with Crippen molar-refractivity contribution >= 4 is 0 Å². The van der Waals surface area contributed by atoms with Gasteiger partial charge in [0.1, 0.15) is 0 Å². The van der Waals surface area contributed by atoms with Crippen molar-refractivity contribution in [2.24, 2.45) is 5.41 Å². The fourth-order valence-electron chi connectivity index (χ4n) is 1.44. The topological polar surface area (TPSA) is 18.5 Å². The summed E-state index contributed by atoms with van der Waals surface area (Å²) in [6.45, 7) is 8.97. The molecule has 0 saturated carbocycles. The summed E-state index contributed by atoms with van der Waals surface area (Å²) in [5, 5.41) is 0. The Morgan fingerprint density at radius 2 is 2.31 bits per heavy atom. The third-order valence-corrected chi connectivity index (χ3v) is 2.44. The van der Waals surface area contributed by atoms with E-state index in [0.717, 1.165) is 26.2 Å². The zero-order valence-corrected chi connectivity index (χ0v) is 8.93. The van der Waals surface area contributed by atoms with Gasteiger partial charge in [-0.25, -0.2) is 0 Å².